The lowest BCUT2D eigenvalue weighted by Gasteiger charge is -2.18. The van der Waals surface area contributed by atoms with Gasteiger partial charge in [0, 0.05) is 0 Å². The molecule has 0 unspecified atom stereocenters. The van der Waals surface area contributed by atoms with Gasteiger partial charge in [-0.25, -0.2) is 0 Å². The summed E-state index contributed by atoms with van der Waals surface area (Å²) in [6.45, 7) is 8.19. The minimum atomic E-state index is -0.115. The zero-order valence-corrected chi connectivity index (χ0v) is 9.37. The number of benzene rings is 1. The van der Waals surface area contributed by atoms with Crippen LogP contribution in [0.5, 0.6) is 0 Å². The smallest absolute Gasteiger partial charge is 0.0998 e. The Bertz CT molecular complexity index is 304. The topological polar surface area (TPSA) is 9.23 Å². The molecule has 0 spiro atoms. The third-order valence-electron chi connectivity index (χ3n) is 1.82. The van der Waals surface area contributed by atoms with Crippen molar-refractivity contribution >= 4 is 5.57 Å². The van der Waals surface area contributed by atoms with Crippen LogP contribution < -0.4 is 0 Å². The van der Waals surface area contributed by atoms with Gasteiger partial charge < -0.3 is 4.74 Å². The first kappa shape index (κ1) is 10.8. The van der Waals surface area contributed by atoms with Crippen LogP contribution in [0.1, 0.15) is 33.3 Å². The van der Waals surface area contributed by atoms with Gasteiger partial charge in [-0.15, -0.1) is 0 Å². The van der Waals surface area contributed by atoms with Crippen LogP contribution in [-0.2, 0) is 4.74 Å². The quantitative estimate of drug-likeness (QED) is 0.643. The lowest BCUT2D eigenvalue weighted by Crippen LogP contribution is -2.15. The van der Waals surface area contributed by atoms with Crippen LogP contribution in [0.2, 0.25) is 0 Å². The first-order chi connectivity index (χ1) is 6.49. The molecule has 0 N–H and O–H groups in total. The predicted molar refractivity (Wildman–Crippen MR) is 60.9 cm³/mol. The molecule has 0 amide bonds. The highest BCUT2D eigenvalue weighted by Crippen LogP contribution is 2.16. The van der Waals surface area contributed by atoms with Gasteiger partial charge in [0.1, 0.15) is 0 Å². The van der Waals surface area contributed by atoms with Crippen LogP contribution in [0.3, 0.4) is 0 Å². The van der Waals surface area contributed by atoms with Crippen molar-refractivity contribution < 1.29 is 4.74 Å². The molecular weight excluding hydrogens is 172 g/mol. The molecule has 1 aromatic carbocycles. The number of ether oxygens (including phenoxy) is 1. The lowest BCUT2D eigenvalue weighted by molar-refractivity contribution is 0.0775. The summed E-state index contributed by atoms with van der Waals surface area (Å²) in [5.41, 5.74) is 2.24. The Morgan fingerprint density at radius 3 is 2.21 bits per heavy atom. The molecule has 0 aliphatic carbocycles. The van der Waals surface area contributed by atoms with Gasteiger partial charge in [0.25, 0.3) is 0 Å². The molecule has 1 rings (SSSR count). The molecule has 0 fully saturated rings. The van der Waals surface area contributed by atoms with E-state index in [4.69, 9.17) is 4.74 Å². The van der Waals surface area contributed by atoms with Crippen molar-refractivity contribution in [3.05, 3.63) is 42.2 Å². The van der Waals surface area contributed by atoms with Gasteiger partial charge in [0.2, 0.25) is 0 Å². The van der Waals surface area contributed by atoms with Crippen molar-refractivity contribution in [1.29, 1.82) is 0 Å². The molecule has 0 saturated carbocycles. The highest BCUT2D eigenvalue weighted by molar-refractivity contribution is 5.62. The molecule has 76 valence electrons. The number of allylic oxidation sites excluding steroid dienone is 1. The molecule has 1 heteroatoms. The number of hydrogen-bond donors (Lipinski definition) is 0. The minimum absolute atomic E-state index is 0.115. The van der Waals surface area contributed by atoms with E-state index in [9.17, 15) is 0 Å². The minimum Gasteiger partial charge on any atom is -0.495 e. The summed E-state index contributed by atoms with van der Waals surface area (Å²) >= 11 is 0. The van der Waals surface area contributed by atoms with Crippen LogP contribution in [-0.4, -0.2) is 5.60 Å². The Morgan fingerprint density at radius 1 is 1.14 bits per heavy atom. The Hall–Kier alpha value is -1.24. The zero-order chi connectivity index (χ0) is 10.6. The van der Waals surface area contributed by atoms with Crippen molar-refractivity contribution in [3.8, 4) is 0 Å². The summed E-state index contributed by atoms with van der Waals surface area (Å²) in [6.07, 6.45) is 1.83. The molecule has 0 saturated heterocycles. The highest BCUT2D eigenvalue weighted by Gasteiger charge is 2.08. The van der Waals surface area contributed by atoms with E-state index >= 15 is 0 Å². The van der Waals surface area contributed by atoms with Crippen molar-refractivity contribution in [2.75, 3.05) is 0 Å². The van der Waals surface area contributed by atoms with Crippen molar-refractivity contribution in [1.82, 2.24) is 0 Å². The van der Waals surface area contributed by atoms with Gasteiger partial charge in [-0.05, 0) is 38.8 Å². The van der Waals surface area contributed by atoms with Gasteiger partial charge in [0.15, 0.2) is 0 Å². The molecule has 0 aromatic heterocycles. The van der Waals surface area contributed by atoms with Crippen molar-refractivity contribution in [2.24, 2.45) is 0 Å². The first-order valence-corrected chi connectivity index (χ1v) is 4.89. The molecular formula is C13H18O. The Kier molecular flexibility index (Phi) is 3.34. The third-order valence-corrected chi connectivity index (χ3v) is 1.82. The van der Waals surface area contributed by atoms with E-state index < -0.39 is 0 Å². The summed E-state index contributed by atoms with van der Waals surface area (Å²) < 4.78 is 5.58. The lowest BCUT2D eigenvalue weighted by atomic mass is 10.1. The number of rotatable bonds is 2. The normalized spacial score (nSPS) is 12.7. The van der Waals surface area contributed by atoms with Crippen LogP contribution >= 0.6 is 0 Å². The average Bonchev–Trinajstić information content (AvgIpc) is 2.14. The monoisotopic (exact) mass is 190 g/mol. The SMILES string of the molecule is CC(=COC(C)(C)C)c1ccccc1. The second-order valence-corrected chi connectivity index (χ2v) is 4.40. The summed E-state index contributed by atoms with van der Waals surface area (Å²) in [4.78, 5) is 0. The molecule has 14 heavy (non-hydrogen) atoms. The van der Waals surface area contributed by atoms with Gasteiger partial charge in [-0.2, -0.15) is 0 Å². The van der Waals surface area contributed by atoms with E-state index in [1.807, 2.05) is 45.2 Å². The average molecular weight is 190 g/mol. The Morgan fingerprint density at radius 2 is 1.71 bits per heavy atom. The second kappa shape index (κ2) is 4.32. The van der Waals surface area contributed by atoms with Crippen LogP contribution in [0.15, 0.2) is 36.6 Å². The molecule has 0 heterocycles. The second-order valence-electron chi connectivity index (χ2n) is 4.40. The van der Waals surface area contributed by atoms with E-state index in [1.54, 1.807) is 0 Å². The van der Waals surface area contributed by atoms with Gasteiger partial charge in [-0.1, -0.05) is 30.3 Å². The number of hydrogen-bond acceptors (Lipinski definition) is 1. The fraction of sp³-hybridized carbons (Fsp3) is 0.385. The Labute approximate surface area is 86.4 Å². The molecule has 1 nitrogen and oxygen atoms in total. The fourth-order valence-electron chi connectivity index (χ4n) is 1.03. The Balaban J connectivity index is 2.71. The summed E-state index contributed by atoms with van der Waals surface area (Å²) in [7, 11) is 0. The molecule has 1 aromatic rings. The highest BCUT2D eigenvalue weighted by atomic mass is 16.5. The van der Waals surface area contributed by atoms with Gasteiger partial charge in [-0.3, -0.25) is 0 Å². The summed E-state index contributed by atoms with van der Waals surface area (Å²) in [5.74, 6) is 0. The standard InChI is InChI=1S/C13H18O/c1-11(10-14-13(2,3)4)12-8-6-5-7-9-12/h5-10H,1-4H3. The van der Waals surface area contributed by atoms with Gasteiger partial charge >= 0.3 is 0 Å². The van der Waals surface area contributed by atoms with E-state index in [1.165, 1.54) is 5.56 Å². The van der Waals surface area contributed by atoms with E-state index in [0.29, 0.717) is 0 Å². The largest absolute Gasteiger partial charge is 0.495 e. The molecule has 0 aliphatic heterocycles. The fourth-order valence-corrected chi connectivity index (χ4v) is 1.03. The predicted octanol–water partition coefficient (Wildman–Crippen LogP) is 3.86. The molecule has 0 aliphatic rings. The van der Waals surface area contributed by atoms with E-state index in [2.05, 4.69) is 19.1 Å². The van der Waals surface area contributed by atoms with Crippen LogP contribution in [0, 0.1) is 0 Å². The third kappa shape index (κ3) is 3.65. The molecule has 0 atom stereocenters. The maximum absolute atomic E-state index is 5.58. The summed E-state index contributed by atoms with van der Waals surface area (Å²) in [5, 5.41) is 0. The first-order valence-electron chi connectivity index (χ1n) is 4.89. The maximum atomic E-state index is 5.58. The van der Waals surface area contributed by atoms with E-state index in [-0.39, 0.29) is 5.60 Å². The van der Waals surface area contributed by atoms with Gasteiger partial charge in [0.05, 0.1) is 11.9 Å². The van der Waals surface area contributed by atoms with Crippen molar-refractivity contribution in [2.45, 2.75) is 33.3 Å². The summed E-state index contributed by atoms with van der Waals surface area (Å²) in [6, 6.07) is 10.2. The zero-order valence-electron chi connectivity index (χ0n) is 9.37. The van der Waals surface area contributed by atoms with Crippen LogP contribution in [0.25, 0.3) is 5.57 Å². The molecule has 0 radical (unpaired) electrons. The van der Waals surface area contributed by atoms with Crippen LogP contribution in [0.4, 0.5) is 0 Å². The molecule has 0 bridgehead atoms. The van der Waals surface area contributed by atoms with Crippen molar-refractivity contribution in [3.63, 3.8) is 0 Å². The van der Waals surface area contributed by atoms with E-state index in [0.717, 1.165) is 5.57 Å². The maximum Gasteiger partial charge on any atom is 0.0998 e.